The first-order valence-corrected chi connectivity index (χ1v) is 3.91. The van der Waals surface area contributed by atoms with Gasteiger partial charge in [0.05, 0.1) is 0 Å². The Morgan fingerprint density at radius 2 is 1.00 bits per heavy atom. The number of hydrogen-bond acceptors (Lipinski definition) is 0. The van der Waals surface area contributed by atoms with E-state index < -0.39 is 0 Å². The summed E-state index contributed by atoms with van der Waals surface area (Å²) >= 11 is 0. The van der Waals surface area contributed by atoms with E-state index in [0.29, 0.717) is 0 Å². The van der Waals surface area contributed by atoms with E-state index in [1.165, 1.54) is 38.5 Å². The Hall–Kier alpha value is 0.883. The molecule has 0 aliphatic carbocycles. The molecule has 0 bridgehead atoms. The first-order valence-electron chi connectivity index (χ1n) is 3.91. The molecule has 0 rings (SSSR count). The molecule has 0 aromatic heterocycles. The van der Waals surface area contributed by atoms with E-state index in [9.17, 15) is 0 Å². The van der Waals surface area contributed by atoms with Crippen molar-refractivity contribution in [3.63, 3.8) is 0 Å². The SMILES string of the molecule is CCCCCCCC.[BiH3]. The molecule has 0 nitrogen and oxygen atoms in total. The van der Waals surface area contributed by atoms with Gasteiger partial charge in [0.2, 0.25) is 0 Å². The second-order valence-electron chi connectivity index (χ2n) is 2.41. The third kappa shape index (κ3) is 12.2. The van der Waals surface area contributed by atoms with Gasteiger partial charge in [-0.15, -0.1) is 0 Å². The second kappa shape index (κ2) is 11.7. The molecular formula is C8H21Bi. The second-order valence-corrected chi connectivity index (χ2v) is 2.41. The van der Waals surface area contributed by atoms with Crippen LogP contribution in [-0.4, -0.2) is 26.2 Å². The van der Waals surface area contributed by atoms with Crippen LogP contribution >= 0.6 is 0 Å². The fraction of sp³-hybridized carbons (Fsp3) is 1.00. The molecule has 0 N–H and O–H groups in total. The van der Waals surface area contributed by atoms with Gasteiger partial charge in [0.15, 0.2) is 0 Å². The summed E-state index contributed by atoms with van der Waals surface area (Å²) in [6.07, 6.45) is 8.49. The Bertz CT molecular complexity index is 29.5. The third-order valence-electron chi connectivity index (χ3n) is 1.46. The molecule has 0 heterocycles. The molecular weight excluding hydrogens is 305 g/mol. The zero-order valence-corrected chi connectivity index (χ0v) is 12.4. The predicted octanol–water partition coefficient (Wildman–Crippen LogP) is 2.18. The Morgan fingerprint density at radius 1 is 0.667 bits per heavy atom. The average Bonchev–Trinajstić information content (AvgIpc) is 1.81. The molecule has 0 saturated carbocycles. The third-order valence-corrected chi connectivity index (χ3v) is 1.46. The fourth-order valence-electron chi connectivity index (χ4n) is 0.854. The average molecular weight is 326 g/mol. The molecule has 0 aromatic carbocycles. The predicted molar refractivity (Wildman–Crippen MR) is 49.0 cm³/mol. The number of hydrogen-bond donors (Lipinski definition) is 0. The van der Waals surface area contributed by atoms with Gasteiger partial charge in [0, 0.05) is 0 Å². The molecule has 0 spiro atoms. The molecule has 0 amide bonds. The van der Waals surface area contributed by atoms with Crippen LogP contribution in [-0.2, 0) is 0 Å². The van der Waals surface area contributed by atoms with E-state index in [1.54, 1.807) is 0 Å². The summed E-state index contributed by atoms with van der Waals surface area (Å²) in [5.74, 6) is 0. The number of unbranched alkanes of at least 4 members (excludes halogenated alkanes) is 5. The summed E-state index contributed by atoms with van der Waals surface area (Å²) in [6, 6.07) is 0. The van der Waals surface area contributed by atoms with Crippen molar-refractivity contribution in [2.75, 3.05) is 0 Å². The van der Waals surface area contributed by atoms with Crippen molar-refractivity contribution in [1.82, 2.24) is 0 Å². The van der Waals surface area contributed by atoms with Crippen LogP contribution in [0.5, 0.6) is 0 Å². The van der Waals surface area contributed by atoms with Gasteiger partial charge in [-0.3, -0.25) is 0 Å². The van der Waals surface area contributed by atoms with Crippen LogP contribution in [0, 0.1) is 0 Å². The maximum absolute atomic E-state index is 2.26. The summed E-state index contributed by atoms with van der Waals surface area (Å²) < 4.78 is 0. The zero-order valence-electron chi connectivity index (χ0n) is 6.95. The van der Waals surface area contributed by atoms with Crippen LogP contribution in [0.25, 0.3) is 0 Å². The first-order chi connectivity index (χ1) is 3.91. The quantitative estimate of drug-likeness (QED) is 0.537. The molecule has 0 saturated heterocycles. The van der Waals surface area contributed by atoms with Gasteiger partial charge in [-0.05, 0) is 0 Å². The zero-order chi connectivity index (χ0) is 6.24. The van der Waals surface area contributed by atoms with Crippen molar-refractivity contribution in [2.24, 2.45) is 0 Å². The molecule has 0 atom stereocenters. The van der Waals surface area contributed by atoms with Crippen molar-refractivity contribution in [2.45, 2.75) is 52.4 Å². The fourth-order valence-corrected chi connectivity index (χ4v) is 0.854. The number of rotatable bonds is 5. The molecule has 1 heteroatoms. The van der Waals surface area contributed by atoms with Crippen LogP contribution in [0.15, 0.2) is 0 Å². The van der Waals surface area contributed by atoms with Gasteiger partial charge in [0.1, 0.15) is 0 Å². The van der Waals surface area contributed by atoms with Crippen LogP contribution in [0.4, 0.5) is 0 Å². The topological polar surface area (TPSA) is 0 Å². The van der Waals surface area contributed by atoms with Crippen molar-refractivity contribution in [1.29, 1.82) is 0 Å². The summed E-state index contributed by atoms with van der Waals surface area (Å²) in [4.78, 5) is 0. The van der Waals surface area contributed by atoms with Gasteiger partial charge in [-0.2, -0.15) is 0 Å². The van der Waals surface area contributed by atoms with Gasteiger partial charge >= 0.3 is 26.2 Å². The van der Waals surface area contributed by atoms with E-state index in [1.807, 2.05) is 0 Å². The molecule has 0 radical (unpaired) electrons. The van der Waals surface area contributed by atoms with Crippen LogP contribution in [0.3, 0.4) is 0 Å². The van der Waals surface area contributed by atoms with Crippen molar-refractivity contribution >= 4 is 26.2 Å². The molecule has 0 aliphatic heterocycles. The van der Waals surface area contributed by atoms with Gasteiger partial charge in [-0.25, -0.2) is 0 Å². The van der Waals surface area contributed by atoms with Crippen molar-refractivity contribution < 1.29 is 0 Å². The van der Waals surface area contributed by atoms with E-state index >= 15 is 0 Å². The standard InChI is InChI=1S/C8H18.Bi.3H/c1-3-5-7-8-6-4-2;;;;/h3-8H2,1-2H3;;;;. The van der Waals surface area contributed by atoms with Gasteiger partial charge in [-0.1, -0.05) is 52.4 Å². The Morgan fingerprint density at radius 3 is 1.22 bits per heavy atom. The minimum atomic E-state index is 0. The monoisotopic (exact) mass is 326 g/mol. The van der Waals surface area contributed by atoms with E-state index in [4.69, 9.17) is 0 Å². The summed E-state index contributed by atoms with van der Waals surface area (Å²) in [6.45, 7) is 4.51. The Balaban J connectivity index is 0. The van der Waals surface area contributed by atoms with Crippen molar-refractivity contribution in [3.8, 4) is 0 Å². The van der Waals surface area contributed by atoms with Crippen molar-refractivity contribution in [3.05, 3.63) is 0 Å². The molecule has 0 aromatic rings. The summed E-state index contributed by atoms with van der Waals surface area (Å²) in [5.41, 5.74) is 0. The van der Waals surface area contributed by atoms with Crippen LogP contribution in [0.1, 0.15) is 52.4 Å². The van der Waals surface area contributed by atoms with E-state index in [2.05, 4.69) is 13.8 Å². The molecule has 0 aliphatic rings. The Labute approximate surface area is 78.5 Å². The normalized spacial score (nSPS) is 8.67. The maximum atomic E-state index is 2.26. The van der Waals surface area contributed by atoms with Crippen LogP contribution in [0.2, 0.25) is 0 Å². The first kappa shape index (κ1) is 12.5. The minimum absolute atomic E-state index is 0. The van der Waals surface area contributed by atoms with Gasteiger partial charge < -0.3 is 0 Å². The van der Waals surface area contributed by atoms with E-state index in [-0.39, 0.29) is 26.2 Å². The van der Waals surface area contributed by atoms with Gasteiger partial charge in [0.25, 0.3) is 0 Å². The molecule has 0 unspecified atom stereocenters. The van der Waals surface area contributed by atoms with E-state index in [0.717, 1.165) is 0 Å². The summed E-state index contributed by atoms with van der Waals surface area (Å²) in [5, 5.41) is 0. The summed E-state index contributed by atoms with van der Waals surface area (Å²) in [7, 11) is 0. The molecule has 0 fully saturated rings. The Kier molecular flexibility index (Phi) is 16.2. The van der Waals surface area contributed by atoms with Crippen LogP contribution < -0.4 is 0 Å². The molecule has 9 heavy (non-hydrogen) atoms. The molecule has 58 valence electrons.